The van der Waals surface area contributed by atoms with Crippen LogP contribution in [0.5, 0.6) is 0 Å². The van der Waals surface area contributed by atoms with Crippen molar-refractivity contribution in [3.63, 3.8) is 0 Å². The molecule has 106 valence electrons. The number of aliphatic carboxylic acids is 1. The van der Waals surface area contributed by atoms with Crippen molar-refractivity contribution < 1.29 is 18.3 Å². The van der Waals surface area contributed by atoms with Crippen LogP contribution < -0.4 is 4.72 Å². The van der Waals surface area contributed by atoms with Gasteiger partial charge in [-0.05, 0) is 36.8 Å². The first-order valence-electron chi connectivity index (χ1n) is 5.48. The maximum absolute atomic E-state index is 12.0. The summed E-state index contributed by atoms with van der Waals surface area (Å²) in [5.74, 6) is -0.727. The topological polar surface area (TPSA) is 83.5 Å². The largest absolute Gasteiger partial charge is 0.480 e. The molecule has 1 aromatic carbocycles. The second-order valence-corrected chi connectivity index (χ2v) is 6.43. The number of sulfonamides is 1. The Morgan fingerprint density at radius 1 is 1.47 bits per heavy atom. The Bertz CT molecular complexity index is 547. The average molecular weight is 324 g/mol. The van der Waals surface area contributed by atoms with E-state index >= 15 is 0 Å². The fraction of sp³-hybridized carbons (Fsp3) is 0.364. The standard InChI is InChI=1S/C11H14ClNO4S2/c12-8-3-1-4-9(7-8)19(16,17)13-10(11(14)15)5-2-6-18/h1,3-4,7,10,13,18H,2,5-6H2,(H,14,15). The van der Waals surface area contributed by atoms with E-state index in [0.717, 1.165) is 0 Å². The van der Waals surface area contributed by atoms with E-state index in [-0.39, 0.29) is 16.3 Å². The van der Waals surface area contributed by atoms with Crippen molar-refractivity contribution in [3.05, 3.63) is 29.3 Å². The fourth-order valence-corrected chi connectivity index (χ4v) is 3.12. The second-order valence-electron chi connectivity index (χ2n) is 3.84. The Morgan fingerprint density at radius 3 is 2.68 bits per heavy atom. The van der Waals surface area contributed by atoms with Gasteiger partial charge in [0, 0.05) is 5.02 Å². The van der Waals surface area contributed by atoms with Crippen molar-refractivity contribution in [2.75, 3.05) is 5.75 Å². The van der Waals surface area contributed by atoms with Crippen molar-refractivity contribution in [2.24, 2.45) is 0 Å². The van der Waals surface area contributed by atoms with E-state index in [1.54, 1.807) is 0 Å². The molecular formula is C11H14ClNO4S2. The van der Waals surface area contributed by atoms with Gasteiger partial charge in [-0.25, -0.2) is 8.42 Å². The molecule has 0 heterocycles. The minimum Gasteiger partial charge on any atom is -0.480 e. The molecule has 0 aromatic heterocycles. The predicted molar refractivity (Wildman–Crippen MR) is 76.3 cm³/mol. The maximum Gasteiger partial charge on any atom is 0.321 e. The summed E-state index contributed by atoms with van der Waals surface area (Å²) in [6.45, 7) is 0. The third-order valence-electron chi connectivity index (χ3n) is 2.35. The van der Waals surface area contributed by atoms with Gasteiger partial charge in [0.15, 0.2) is 0 Å². The summed E-state index contributed by atoms with van der Waals surface area (Å²) < 4.78 is 26.2. The molecule has 19 heavy (non-hydrogen) atoms. The molecule has 0 spiro atoms. The number of halogens is 1. The van der Waals surface area contributed by atoms with Gasteiger partial charge in [0.25, 0.3) is 0 Å². The molecule has 1 atom stereocenters. The van der Waals surface area contributed by atoms with Crippen molar-refractivity contribution in [1.82, 2.24) is 4.72 Å². The van der Waals surface area contributed by atoms with E-state index in [1.165, 1.54) is 24.3 Å². The van der Waals surface area contributed by atoms with E-state index < -0.39 is 22.0 Å². The SMILES string of the molecule is O=C(O)C(CCCS)NS(=O)(=O)c1cccc(Cl)c1. The minimum absolute atomic E-state index is 0.0582. The Labute approximate surface area is 122 Å². The molecule has 1 unspecified atom stereocenters. The summed E-state index contributed by atoms with van der Waals surface area (Å²) in [6.07, 6.45) is 0.677. The third-order valence-corrected chi connectivity index (χ3v) is 4.37. The molecule has 0 amide bonds. The van der Waals surface area contributed by atoms with E-state index in [4.69, 9.17) is 16.7 Å². The zero-order chi connectivity index (χ0) is 14.5. The molecule has 0 bridgehead atoms. The number of benzene rings is 1. The summed E-state index contributed by atoms with van der Waals surface area (Å²) in [5, 5.41) is 9.26. The summed E-state index contributed by atoms with van der Waals surface area (Å²) in [6, 6.07) is 4.47. The number of rotatable bonds is 7. The number of thiol groups is 1. The lowest BCUT2D eigenvalue weighted by Crippen LogP contribution is -2.40. The van der Waals surface area contributed by atoms with E-state index in [0.29, 0.717) is 12.2 Å². The first-order valence-corrected chi connectivity index (χ1v) is 7.98. The molecule has 5 nitrogen and oxygen atoms in total. The van der Waals surface area contributed by atoms with Gasteiger partial charge in [0.05, 0.1) is 4.90 Å². The highest BCUT2D eigenvalue weighted by atomic mass is 35.5. The number of hydrogen-bond acceptors (Lipinski definition) is 4. The van der Waals surface area contributed by atoms with Crippen LogP contribution in [0.1, 0.15) is 12.8 Å². The highest BCUT2D eigenvalue weighted by Gasteiger charge is 2.24. The van der Waals surface area contributed by atoms with E-state index in [2.05, 4.69) is 17.4 Å². The van der Waals surface area contributed by atoms with Gasteiger partial charge < -0.3 is 5.11 Å². The third kappa shape index (κ3) is 5.02. The smallest absolute Gasteiger partial charge is 0.321 e. The van der Waals surface area contributed by atoms with Gasteiger partial charge in [0.1, 0.15) is 6.04 Å². The molecular weight excluding hydrogens is 310 g/mol. The summed E-state index contributed by atoms with van der Waals surface area (Å²) in [7, 11) is -3.90. The van der Waals surface area contributed by atoms with Gasteiger partial charge >= 0.3 is 5.97 Å². The van der Waals surface area contributed by atoms with Crippen LogP contribution >= 0.6 is 24.2 Å². The second kappa shape index (κ2) is 7.14. The zero-order valence-electron chi connectivity index (χ0n) is 9.91. The van der Waals surface area contributed by atoms with Gasteiger partial charge in [-0.15, -0.1) is 0 Å². The minimum atomic E-state index is -3.90. The Kier molecular flexibility index (Phi) is 6.12. The number of carboxylic acid groups (broad SMARTS) is 1. The number of nitrogens with one attached hydrogen (secondary N) is 1. The lowest BCUT2D eigenvalue weighted by Gasteiger charge is -2.14. The van der Waals surface area contributed by atoms with Crippen LogP contribution in [0.2, 0.25) is 5.02 Å². The van der Waals surface area contributed by atoms with Crippen LogP contribution in [0.15, 0.2) is 29.2 Å². The van der Waals surface area contributed by atoms with Crippen LogP contribution in [0.25, 0.3) is 0 Å². The van der Waals surface area contributed by atoms with Crippen molar-refractivity contribution in [3.8, 4) is 0 Å². The first-order chi connectivity index (χ1) is 8.86. The van der Waals surface area contributed by atoms with Crippen LogP contribution in [0.3, 0.4) is 0 Å². The molecule has 1 rings (SSSR count). The number of hydrogen-bond donors (Lipinski definition) is 3. The molecule has 0 fully saturated rings. The van der Waals surface area contributed by atoms with E-state index in [1.807, 2.05) is 0 Å². The first kappa shape index (κ1) is 16.3. The Hall–Kier alpha value is -0.760. The molecule has 0 aliphatic rings. The number of carbonyl (C=O) groups is 1. The molecule has 1 aromatic rings. The Balaban J connectivity index is 2.91. The van der Waals surface area contributed by atoms with Crippen LogP contribution in [-0.2, 0) is 14.8 Å². The van der Waals surface area contributed by atoms with Gasteiger partial charge in [-0.2, -0.15) is 17.4 Å². The highest BCUT2D eigenvalue weighted by Crippen LogP contribution is 2.16. The lowest BCUT2D eigenvalue weighted by molar-refractivity contribution is -0.139. The molecule has 8 heteroatoms. The quantitative estimate of drug-likeness (QED) is 0.668. The molecule has 0 aliphatic heterocycles. The maximum atomic E-state index is 12.0. The van der Waals surface area contributed by atoms with Gasteiger partial charge in [-0.1, -0.05) is 17.7 Å². The van der Waals surface area contributed by atoms with Crippen LogP contribution in [0.4, 0.5) is 0 Å². The molecule has 0 saturated carbocycles. The molecule has 0 saturated heterocycles. The summed E-state index contributed by atoms with van der Waals surface area (Å²) in [4.78, 5) is 10.9. The average Bonchev–Trinajstić information content (AvgIpc) is 2.34. The molecule has 2 N–H and O–H groups in total. The van der Waals surface area contributed by atoms with Gasteiger partial charge in [-0.3, -0.25) is 4.79 Å². The Morgan fingerprint density at radius 2 is 2.16 bits per heavy atom. The lowest BCUT2D eigenvalue weighted by atomic mass is 10.2. The van der Waals surface area contributed by atoms with Crippen molar-refractivity contribution >= 4 is 40.2 Å². The fourth-order valence-electron chi connectivity index (χ4n) is 1.42. The van der Waals surface area contributed by atoms with Crippen LogP contribution in [0, 0.1) is 0 Å². The number of carboxylic acids is 1. The van der Waals surface area contributed by atoms with Crippen LogP contribution in [-0.4, -0.2) is 31.3 Å². The zero-order valence-corrected chi connectivity index (χ0v) is 12.4. The summed E-state index contributed by atoms with van der Waals surface area (Å²) in [5.41, 5.74) is 0. The molecule has 0 radical (unpaired) electrons. The monoisotopic (exact) mass is 323 g/mol. The van der Waals surface area contributed by atoms with E-state index in [9.17, 15) is 13.2 Å². The van der Waals surface area contributed by atoms with Gasteiger partial charge in [0.2, 0.25) is 10.0 Å². The predicted octanol–water partition coefficient (Wildman–Crippen LogP) is 1.78. The summed E-state index contributed by atoms with van der Waals surface area (Å²) >= 11 is 9.69. The normalized spacial score (nSPS) is 13.2. The van der Waals surface area contributed by atoms with Crippen molar-refractivity contribution in [1.29, 1.82) is 0 Å². The van der Waals surface area contributed by atoms with Crippen molar-refractivity contribution in [2.45, 2.75) is 23.8 Å². The molecule has 0 aliphatic carbocycles. The highest BCUT2D eigenvalue weighted by molar-refractivity contribution is 7.89.